The van der Waals surface area contributed by atoms with Gasteiger partial charge in [-0.2, -0.15) is 0 Å². The van der Waals surface area contributed by atoms with Crippen LogP contribution in [0.25, 0.3) is 0 Å². The van der Waals surface area contributed by atoms with Crippen LogP contribution < -0.4 is 5.32 Å². The van der Waals surface area contributed by atoms with E-state index in [4.69, 9.17) is 0 Å². The Labute approximate surface area is 114 Å². The highest BCUT2D eigenvalue weighted by atomic mass is 16.5. The molecule has 0 aromatic heterocycles. The van der Waals surface area contributed by atoms with E-state index in [1.54, 1.807) is 0 Å². The second-order valence-electron chi connectivity index (χ2n) is 4.57. The number of rotatable bonds is 6. The predicted molar refractivity (Wildman–Crippen MR) is 74.3 cm³/mol. The Morgan fingerprint density at radius 2 is 2.00 bits per heavy atom. The van der Waals surface area contributed by atoms with Crippen molar-refractivity contribution in [2.45, 2.75) is 33.2 Å². The molecular formula is C15H21NO3. The van der Waals surface area contributed by atoms with Crippen molar-refractivity contribution in [2.24, 2.45) is 0 Å². The van der Waals surface area contributed by atoms with Crippen LogP contribution in [-0.4, -0.2) is 31.4 Å². The third-order valence-electron chi connectivity index (χ3n) is 3.01. The number of aryl methyl sites for hydroxylation is 2. The third-order valence-corrected chi connectivity index (χ3v) is 3.01. The topological polar surface area (TPSA) is 55.4 Å². The van der Waals surface area contributed by atoms with Crippen molar-refractivity contribution in [3.63, 3.8) is 0 Å². The molecule has 1 N–H and O–H groups in total. The predicted octanol–water partition coefficient (Wildman–Crippen LogP) is 2.03. The number of hydrogen-bond donors (Lipinski definition) is 1. The Morgan fingerprint density at radius 3 is 2.53 bits per heavy atom. The van der Waals surface area contributed by atoms with Gasteiger partial charge in [-0.1, -0.05) is 30.7 Å². The normalized spacial score (nSPS) is 12.0. The van der Waals surface area contributed by atoms with Gasteiger partial charge in [-0.05, 0) is 26.0 Å². The maximum Gasteiger partial charge on any atom is 0.307 e. The van der Waals surface area contributed by atoms with E-state index in [9.17, 15) is 9.59 Å². The fourth-order valence-electron chi connectivity index (χ4n) is 2.03. The van der Waals surface area contributed by atoms with Crippen molar-refractivity contribution in [3.05, 3.63) is 34.9 Å². The average molecular weight is 263 g/mol. The standard InChI is InChI=1S/C15H21NO3/c1-5-16-13(9-14(17)19-4)15(18)12-7-6-10(2)8-11(12)3/h6-8,13,16H,5,9H2,1-4H3. The number of methoxy groups -OCH3 is 1. The van der Waals surface area contributed by atoms with Crippen molar-refractivity contribution in [1.82, 2.24) is 5.32 Å². The SMILES string of the molecule is CCNC(CC(=O)OC)C(=O)c1ccc(C)cc1C. The minimum atomic E-state index is -0.529. The molecule has 0 saturated carbocycles. The van der Waals surface area contributed by atoms with Crippen LogP contribution in [0.4, 0.5) is 0 Å². The van der Waals surface area contributed by atoms with E-state index >= 15 is 0 Å². The Hall–Kier alpha value is -1.68. The zero-order valence-corrected chi connectivity index (χ0v) is 11.9. The van der Waals surface area contributed by atoms with E-state index in [0.717, 1.165) is 11.1 Å². The first-order valence-corrected chi connectivity index (χ1v) is 6.41. The fraction of sp³-hybridized carbons (Fsp3) is 0.467. The van der Waals surface area contributed by atoms with Gasteiger partial charge in [-0.3, -0.25) is 9.59 Å². The molecule has 1 aromatic carbocycles. The zero-order chi connectivity index (χ0) is 14.4. The number of nitrogens with one attached hydrogen (secondary N) is 1. The van der Waals surface area contributed by atoms with E-state index in [2.05, 4.69) is 10.1 Å². The summed E-state index contributed by atoms with van der Waals surface area (Å²) in [7, 11) is 1.33. The number of likely N-dealkylation sites (N-methyl/N-ethyl adjacent to an activating group) is 1. The molecule has 1 rings (SSSR count). The molecule has 104 valence electrons. The number of carbonyl (C=O) groups is 2. The second kappa shape index (κ2) is 7.04. The minimum absolute atomic E-state index is 0.0521. The van der Waals surface area contributed by atoms with Gasteiger partial charge >= 0.3 is 5.97 Å². The molecule has 0 bridgehead atoms. The summed E-state index contributed by atoms with van der Waals surface area (Å²) < 4.78 is 4.63. The summed E-state index contributed by atoms with van der Waals surface area (Å²) in [6.45, 7) is 6.41. The maximum absolute atomic E-state index is 12.4. The van der Waals surface area contributed by atoms with Gasteiger partial charge < -0.3 is 10.1 Å². The Morgan fingerprint density at radius 1 is 1.32 bits per heavy atom. The lowest BCUT2D eigenvalue weighted by atomic mass is 9.96. The van der Waals surface area contributed by atoms with Crippen molar-refractivity contribution >= 4 is 11.8 Å². The van der Waals surface area contributed by atoms with Gasteiger partial charge in [-0.25, -0.2) is 0 Å². The van der Waals surface area contributed by atoms with Crippen LogP contribution in [0, 0.1) is 13.8 Å². The molecule has 0 spiro atoms. The molecule has 0 radical (unpaired) electrons. The lowest BCUT2D eigenvalue weighted by Crippen LogP contribution is -2.39. The summed E-state index contributed by atoms with van der Waals surface area (Å²) >= 11 is 0. The van der Waals surface area contributed by atoms with Gasteiger partial charge in [0, 0.05) is 5.56 Å². The monoisotopic (exact) mass is 263 g/mol. The molecule has 1 atom stereocenters. The lowest BCUT2D eigenvalue weighted by Gasteiger charge is -2.17. The van der Waals surface area contributed by atoms with Crippen molar-refractivity contribution in [2.75, 3.05) is 13.7 Å². The van der Waals surface area contributed by atoms with Gasteiger partial charge in [0.1, 0.15) is 0 Å². The summed E-state index contributed by atoms with van der Waals surface area (Å²) in [5.74, 6) is -0.450. The Kier molecular flexibility index (Phi) is 5.70. The largest absolute Gasteiger partial charge is 0.469 e. The summed E-state index contributed by atoms with van der Waals surface area (Å²) in [5.41, 5.74) is 2.69. The highest BCUT2D eigenvalue weighted by molar-refractivity contribution is 6.02. The van der Waals surface area contributed by atoms with E-state index < -0.39 is 6.04 Å². The summed E-state index contributed by atoms with van der Waals surface area (Å²) in [4.78, 5) is 23.8. The first kappa shape index (κ1) is 15.4. The van der Waals surface area contributed by atoms with Crippen molar-refractivity contribution < 1.29 is 14.3 Å². The lowest BCUT2D eigenvalue weighted by molar-refractivity contribution is -0.140. The van der Waals surface area contributed by atoms with E-state index in [1.165, 1.54) is 7.11 Å². The van der Waals surface area contributed by atoms with Gasteiger partial charge in [0.25, 0.3) is 0 Å². The molecule has 0 aliphatic carbocycles. The quantitative estimate of drug-likeness (QED) is 0.630. The second-order valence-corrected chi connectivity index (χ2v) is 4.57. The van der Waals surface area contributed by atoms with Crippen molar-refractivity contribution in [1.29, 1.82) is 0 Å². The van der Waals surface area contributed by atoms with E-state index in [-0.39, 0.29) is 18.2 Å². The van der Waals surface area contributed by atoms with Gasteiger partial charge in [0.2, 0.25) is 0 Å². The van der Waals surface area contributed by atoms with Crippen LogP contribution in [0.5, 0.6) is 0 Å². The first-order chi connectivity index (χ1) is 8.99. The van der Waals surface area contributed by atoms with Crippen LogP contribution >= 0.6 is 0 Å². The highest BCUT2D eigenvalue weighted by Gasteiger charge is 2.23. The van der Waals surface area contributed by atoms with Crippen molar-refractivity contribution in [3.8, 4) is 0 Å². The van der Waals surface area contributed by atoms with Crippen LogP contribution in [0.2, 0.25) is 0 Å². The zero-order valence-electron chi connectivity index (χ0n) is 11.9. The Bertz CT molecular complexity index is 468. The maximum atomic E-state index is 12.4. The molecule has 4 heteroatoms. The van der Waals surface area contributed by atoms with Crippen LogP contribution in [-0.2, 0) is 9.53 Å². The smallest absolute Gasteiger partial charge is 0.307 e. The van der Waals surface area contributed by atoms with E-state index in [0.29, 0.717) is 12.1 Å². The van der Waals surface area contributed by atoms with Gasteiger partial charge in [0.05, 0.1) is 19.6 Å². The molecule has 4 nitrogen and oxygen atoms in total. The summed E-state index contributed by atoms with van der Waals surface area (Å²) in [6.07, 6.45) is 0.0521. The van der Waals surface area contributed by atoms with Crippen LogP contribution in [0.15, 0.2) is 18.2 Å². The molecule has 1 unspecified atom stereocenters. The summed E-state index contributed by atoms with van der Waals surface area (Å²) in [5, 5.41) is 3.04. The molecule has 0 heterocycles. The third kappa shape index (κ3) is 4.17. The summed E-state index contributed by atoms with van der Waals surface area (Å²) in [6, 6.07) is 5.16. The molecule has 0 amide bonds. The minimum Gasteiger partial charge on any atom is -0.469 e. The highest BCUT2D eigenvalue weighted by Crippen LogP contribution is 2.14. The fourth-order valence-corrected chi connectivity index (χ4v) is 2.03. The molecular weight excluding hydrogens is 242 g/mol. The molecule has 0 fully saturated rings. The van der Waals surface area contributed by atoms with E-state index in [1.807, 2.05) is 39.0 Å². The van der Waals surface area contributed by atoms with Gasteiger partial charge in [-0.15, -0.1) is 0 Å². The molecule has 19 heavy (non-hydrogen) atoms. The van der Waals surface area contributed by atoms with Crippen LogP contribution in [0.1, 0.15) is 34.8 Å². The molecule has 0 saturated heterocycles. The Balaban J connectivity index is 2.95. The first-order valence-electron chi connectivity index (χ1n) is 6.41. The number of carbonyl (C=O) groups excluding carboxylic acids is 2. The number of ketones is 1. The number of esters is 1. The molecule has 1 aromatic rings. The molecule has 0 aliphatic rings. The number of hydrogen-bond acceptors (Lipinski definition) is 4. The average Bonchev–Trinajstić information content (AvgIpc) is 2.37. The number of benzene rings is 1. The van der Waals surface area contributed by atoms with Crippen LogP contribution in [0.3, 0.4) is 0 Å². The number of ether oxygens (including phenoxy) is 1. The number of Topliss-reactive ketones (excluding diaryl/α,β-unsaturated/α-hetero) is 1. The molecule has 0 aliphatic heterocycles. The van der Waals surface area contributed by atoms with Gasteiger partial charge in [0.15, 0.2) is 5.78 Å².